The predicted molar refractivity (Wildman–Crippen MR) is 97.8 cm³/mol. The molecule has 2 aliphatic rings. The monoisotopic (exact) mass is 485 g/mol. The summed E-state index contributed by atoms with van der Waals surface area (Å²) >= 11 is 1.56. The number of fused-ring (bicyclic) bond motifs is 1. The van der Waals surface area contributed by atoms with Crippen molar-refractivity contribution in [2.24, 2.45) is 0 Å². The Morgan fingerprint density at radius 1 is 1.12 bits per heavy atom. The molecule has 26 heavy (non-hydrogen) atoms. The molecule has 2 nitrogen and oxygen atoms in total. The molecular weight excluding hydrogens is 462 g/mol. The molecule has 0 aliphatic heterocycles. The topological polar surface area (TPSA) is 18.5 Å². The van der Waals surface area contributed by atoms with Crippen molar-refractivity contribution in [2.45, 2.75) is 36.6 Å². The molecular formula is C20H25Cl2O2SiZr. The van der Waals surface area contributed by atoms with Gasteiger partial charge in [-0.3, -0.25) is 0 Å². The average Bonchev–Trinajstić information content (AvgIpc) is 3.07. The van der Waals surface area contributed by atoms with E-state index in [4.69, 9.17) is 9.16 Å². The van der Waals surface area contributed by atoms with Crippen LogP contribution in [0.5, 0.6) is 0 Å². The van der Waals surface area contributed by atoms with Gasteiger partial charge in [-0.2, -0.15) is 0 Å². The summed E-state index contributed by atoms with van der Waals surface area (Å²) in [5, 5.41) is 0. The minimum Gasteiger partial charge on any atom is -1.00 e. The number of rotatable bonds is 6. The van der Waals surface area contributed by atoms with Crippen LogP contribution in [0.25, 0.3) is 5.57 Å². The smallest absolute Gasteiger partial charge is 1.00 e. The van der Waals surface area contributed by atoms with Gasteiger partial charge in [0, 0.05) is 0 Å². The fraction of sp³-hybridized carbons (Fsp3) is 0.400. The zero-order valence-electron chi connectivity index (χ0n) is 15.7. The Kier molecular flexibility index (Phi) is 9.10. The van der Waals surface area contributed by atoms with E-state index in [-0.39, 0.29) is 24.8 Å². The van der Waals surface area contributed by atoms with Gasteiger partial charge >= 0.3 is 162 Å². The van der Waals surface area contributed by atoms with E-state index in [2.05, 4.69) is 63.0 Å². The minimum absolute atomic E-state index is 0. The van der Waals surface area contributed by atoms with Crippen LogP contribution in [0, 0.1) is 0 Å². The summed E-state index contributed by atoms with van der Waals surface area (Å²) in [5.74, 6) is 1.03. The Morgan fingerprint density at radius 3 is 2.50 bits per heavy atom. The summed E-state index contributed by atoms with van der Waals surface area (Å²) in [6.45, 7) is 10.2. The SMILES string of the molecule is CC1=C(C2=C(OCCO[Si](C)(C)C)C=CC2)c2ccccc2[CH]1[Zr+2].[Cl-].[Cl-]. The minimum atomic E-state index is -1.46. The van der Waals surface area contributed by atoms with Gasteiger partial charge in [0.25, 0.3) is 0 Å². The molecule has 0 fully saturated rings. The summed E-state index contributed by atoms with van der Waals surface area (Å²) in [6, 6.07) is 8.83. The van der Waals surface area contributed by atoms with E-state index in [1.54, 1.807) is 24.7 Å². The maximum atomic E-state index is 6.09. The summed E-state index contributed by atoms with van der Waals surface area (Å²) in [6.07, 6.45) is 5.31. The van der Waals surface area contributed by atoms with Crippen molar-refractivity contribution in [1.29, 1.82) is 0 Å². The first-order valence-electron chi connectivity index (χ1n) is 8.56. The van der Waals surface area contributed by atoms with E-state index in [1.807, 2.05) is 0 Å². The first-order valence-corrected chi connectivity index (χ1v) is 13.4. The zero-order chi connectivity index (χ0) is 17.3. The number of hydrogen-bond acceptors (Lipinski definition) is 2. The molecule has 0 heterocycles. The number of ether oxygens (including phenoxy) is 1. The third-order valence-corrected chi connectivity index (χ3v) is 7.33. The Labute approximate surface area is 185 Å². The number of halogens is 2. The second-order valence-electron chi connectivity index (χ2n) is 7.34. The van der Waals surface area contributed by atoms with Crippen LogP contribution < -0.4 is 24.8 Å². The summed E-state index contributed by atoms with van der Waals surface area (Å²) in [4.78, 5) is 0. The van der Waals surface area contributed by atoms with Crippen molar-refractivity contribution >= 4 is 13.9 Å². The van der Waals surface area contributed by atoms with Gasteiger partial charge in [-0.25, -0.2) is 0 Å². The van der Waals surface area contributed by atoms with E-state index in [0.717, 1.165) is 12.2 Å². The second kappa shape index (κ2) is 9.89. The van der Waals surface area contributed by atoms with Gasteiger partial charge in [0.2, 0.25) is 0 Å². The Morgan fingerprint density at radius 2 is 1.81 bits per heavy atom. The molecule has 0 spiro atoms. The fourth-order valence-electron chi connectivity index (χ4n) is 3.31. The van der Waals surface area contributed by atoms with Gasteiger partial charge in [0.15, 0.2) is 0 Å². The second-order valence-corrected chi connectivity index (χ2v) is 13.3. The fourth-order valence-corrected chi connectivity index (χ4v) is 4.98. The number of hydrogen-bond donors (Lipinski definition) is 0. The molecule has 0 bridgehead atoms. The first kappa shape index (κ1) is 23.9. The molecule has 0 saturated heterocycles. The van der Waals surface area contributed by atoms with Crippen LogP contribution in [-0.4, -0.2) is 21.5 Å². The van der Waals surface area contributed by atoms with Gasteiger partial charge in [0.05, 0.1) is 0 Å². The molecule has 1 aromatic carbocycles. The quantitative estimate of drug-likeness (QED) is 0.385. The van der Waals surface area contributed by atoms with Crippen LogP contribution in [-0.2, 0) is 33.9 Å². The van der Waals surface area contributed by atoms with Crippen LogP contribution in [0.4, 0.5) is 0 Å². The van der Waals surface area contributed by atoms with Gasteiger partial charge in [0.1, 0.15) is 0 Å². The molecule has 139 valence electrons. The molecule has 1 unspecified atom stereocenters. The largest absolute Gasteiger partial charge is 1.00 e. The summed E-state index contributed by atoms with van der Waals surface area (Å²) < 4.78 is 12.6. The van der Waals surface area contributed by atoms with Crippen molar-refractivity contribution in [2.75, 3.05) is 13.2 Å². The van der Waals surface area contributed by atoms with Gasteiger partial charge in [-0.05, 0) is 0 Å². The zero-order valence-corrected chi connectivity index (χ0v) is 20.7. The molecule has 1 atom stereocenters. The normalized spacial score (nSPS) is 18.6. The van der Waals surface area contributed by atoms with Gasteiger partial charge in [-0.1, -0.05) is 0 Å². The van der Waals surface area contributed by atoms with Crippen LogP contribution >= 0.6 is 0 Å². The van der Waals surface area contributed by atoms with Crippen LogP contribution in [0.15, 0.2) is 53.3 Å². The van der Waals surface area contributed by atoms with Gasteiger partial charge < -0.3 is 24.8 Å². The molecule has 1 aromatic rings. The molecule has 2 aliphatic carbocycles. The van der Waals surface area contributed by atoms with Crippen molar-refractivity contribution < 1.29 is 58.7 Å². The third-order valence-electron chi connectivity index (χ3n) is 4.43. The summed E-state index contributed by atoms with van der Waals surface area (Å²) in [7, 11) is -1.46. The first-order chi connectivity index (χ1) is 11.4. The van der Waals surface area contributed by atoms with Crippen molar-refractivity contribution in [3.63, 3.8) is 0 Å². The van der Waals surface area contributed by atoms with Gasteiger partial charge in [-0.15, -0.1) is 0 Å². The Hall–Kier alpha value is -0.120. The molecule has 3 rings (SSSR count). The molecule has 0 amide bonds. The van der Waals surface area contributed by atoms with E-state index in [9.17, 15) is 0 Å². The number of benzene rings is 1. The summed E-state index contributed by atoms with van der Waals surface area (Å²) in [5.41, 5.74) is 7.13. The molecule has 0 N–H and O–H groups in total. The Bertz CT molecular complexity index is 736. The predicted octanol–water partition coefficient (Wildman–Crippen LogP) is -0.848. The average molecular weight is 488 g/mol. The van der Waals surface area contributed by atoms with E-state index in [0.29, 0.717) is 16.8 Å². The van der Waals surface area contributed by atoms with Crippen LogP contribution in [0.2, 0.25) is 19.6 Å². The molecule has 0 radical (unpaired) electrons. The van der Waals surface area contributed by atoms with E-state index in [1.165, 1.54) is 27.8 Å². The van der Waals surface area contributed by atoms with Crippen molar-refractivity contribution in [1.82, 2.24) is 0 Å². The van der Waals surface area contributed by atoms with Crippen LogP contribution in [0.1, 0.15) is 28.1 Å². The Balaban J connectivity index is 0.00000169. The van der Waals surface area contributed by atoms with E-state index < -0.39 is 8.32 Å². The maximum Gasteiger partial charge on any atom is -1.00 e. The molecule has 6 heteroatoms. The van der Waals surface area contributed by atoms with Crippen LogP contribution in [0.3, 0.4) is 0 Å². The third kappa shape index (κ3) is 5.23. The maximum absolute atomic E-state index is 6.09. The van der Waals surface area contributed by atoms with Crippen molar-refractivity contribution in [3.8, 4) is 0 Å². The molecule has 0 saturated carbocycles. The standard InChI is InChI=1S/C20H25O2Si.2ClH.Zr/c1-15-14-16-8-5-6-9-17(16)20(15)18-10-7-11-19(18)21-12-13-22-23(2,3)4;;;/h5-9,11,14H,10,12-13H2,1-4H3;2*1H;/q;;;+2/p-2. The molecule has 0 aromatic heterocycles. The number of allylic oxidation sites excluding steroid dienone is 5. The van der Waals surface area contributed by atoms with Crippen molar-refractivity contribution in [3.05, 3.63) is 64.4 Å². The van der Waals surface area contributed by atoms with E-state index >= 15 is 0 Å².